The van der Waals surface area contributed by atoms with Crippen LogP contribution in [0.25, 0.3) is 16.3 Å². The average molecular weight is 595 g/mol. The van der Waals surface area contributed by atoms with Gasteiger partial charge in [0.25, 0.3) is 0 Å². The number of nitrogens with zero attached hydrogens (tertiary/aromatic N) is 4. The van der Waals surface area contributed by atoms with Crippen LogP contribution in [0.1, 0.15) is 52.3 Å². The second kappa shape index (κ2) is 15.4. The number of carbonyl (C=O) groups is 1. The van der Waals surface area contributed by atoms with Gasteiger partial charge in [0.2, 0.25) is 9.03 Å². The third kappa shape index (κ3) is 9.10. The highest BCUT2D eigenvalue weighted by Crippen LogP contribution is 2.35. The van der Waals surface area contributed by atoms with Crippen molar-refractivity contribution in [3.63, 3.8) is 0 Å². The smallest absolute Gasteiger partial charge is 0.322 e. The van der Waals surface area contributed by atoms with Crippen molar-refractivity contribution in [2.75, 3.05) is 18.9 Å². The van der Waals surface area contributed by atoms with Crippen LogP contribution in [0.5, 0.6) is 5.75 Å². The van der Waals surface area contributed by atoms with E-state index in [0.29, 0.717) is 19.0 Å². The lowest BCUT2D eigenvalue weighted by Gasteiger charge is -2.18. The van der Waals surface area contributed by atoms with Gasteiger partial charge in [-0.15, -0.1) is 0 Å². The summed E-state index contributed by atoms with van der Waals surface area (Å²) in [5.41, 5.74) is 13.0. The summed E-state index contributed by atoms with van der Waals surface area (Å²) in [6.07, 6.45) is 3.32. The lowest BCUT2D eigenvalue weighted by molar-refractivity contribution is -0.147. The molecule has 4 unspecified atom stereocenters. The van der Waals surface area contributed by atoms with Crippen LogP contribution < -0.4 is 16.0 Å². The Kier molecular flexibility index (Phi) is 12.0. The van der Waals surface area contributed by atoms with Gasteiger partial charge in [0.05, 0.1) is 25.0 Å². The summed E-state index contributed by atoms with van der Waals surface area (Å²) in [5.74, 6) is 0.972. The molecule has 0 bridgehead atoms. The molecule has 1 saturated heterocycles. The minimum Gasteiger partial charge on any atom is -0.464 e. The molecule has 4 aromatic rings. The van der Waals surface area contributed by atoms with Crippen LogP contribution in [0.15, 0.2) is 60.9 Å². The minimum absolute atomic E-state index is 0.0184. The monoisotopic (exact) mass is 594 g/mol. The Morgan fingerprint density at radius 3 is 2.64 bits per heavy atom. The quantitative estimate of drug-likeness (QED) is 0.155. The molecule has 224 valence electrons. The lowest BCUT2D eigenvalue weighted by Crippen LogP contribution is -2.31. The predicted molar refractivity (Wildman–Crippen MR) is 164 cm³/mol. The van der Waals surface area contributed by atoms with Crippen molar-refractivity contribution in [2.24, 2.45) is 11.1 Å². The van der Waals surface area contributed by atoms with E-state index in [0.717, 1.165) is 40.6 Å². The zero-order chi connectivity index (χ0) is 30.7. The van der Waals surface area contributed by atoms with Crippen molar-refractivity contribution in [2.45, 2.75) is 58.8 Å². The van der Waals surface area contributed by atoms with E-state index in [2.05, 4.69) is 34.9 Å². The summed E-state index contributed by atoms with van der Waals surface area (Å²) in [5, 5.41) is 13.0. The number of benzene rings is 2. The number of carbonyl (C=O) groups excluding carboxylic acids is 1. The van der Waals surface area contributed by atoms with Crippen LogP contribution in [0.4, 0.5) is 5.82 Å². The summed E-state index contributed by atoms with van der Waals surface area (Å²) in [6, 6.07) is 17.6. The fourth-order valence-electron chi connectivity index (χ4n) is 4.17. The highest BCUT2D eigenvalue weighted by Gasteiger charge is 2.29. The Morgan fingerprint density at radius 2 is 1.90 bits per heavy atom. The first-order valence-corrected chi connectivity index (χ1v) is 14.4. The topological polar surface area (TPSA) is 160 Å². The molecule has 5 rings (SSSR count). The molecular formula is C30H39N6O5P. The van der Waals surface area contributed by atoms with Gasteiger partial charge in [-0.3, -0.25) is 4.79 Å². The molecule has 1 fully saturated rings. The van der Waals surface area contributed by atoms with Gasteiger partial charge in [-0.05, 0) is 48.8 Å². The molecule has 0 spiro atoms. The number of anilines is 1. The fourth-order valence-corrected chi connectivity index (χ4v) is 4.75. The zero-order valence-corrected chi connectivity index (χ0v) is 25.4. The van der Waals surface area contributed by atoms with Gasteiger partial charge in [0.15, 0.2) is 5.82 Å². The maximum atomic E-state index is 10.8. The molecular weight excluding hydrogens is 555 g/mol. The van der Waals surface area contributed by atoms with Gasteiger partial charge < -0.3 is 30.0 Å². The minimum atomic E-state index is -0.516. The van der Waals surface area contributed by atoms with Crippen LogP contribution in [0.3, 0.4) is 0 Å². The molecule has 2 aromatic carbocycles. The number of nitriles is 1. The molecule has 4 atom stereocenters. The number of fused-ring (bicyclic) bond motifs is 2. The number of nitrogens with two attached hydrogens (primary N) is 2. The number of ether oxygens (including phenoxy) is 2. The van der Waals surface area contributed by atoms with E-state index in [4.69, 9.17) is 35.3 Å². The SMILES string of the molecule is C#N.CC(N)C(=O)OCC(C)(C)C.Nc1ncnn2c(C3CCC(COPOc4cccc5ccccc45)O3)ccc12. The third-order valence-electron chi connectivity index (χ3n) is 6.20. The van der Waals surface area contributed by atoms with Crippen LogP contribution >= 0.6 is 9.03 Å². The predicted octanol–water partition coefficient (Wildman–Crippen LogP) is 5.35. The second-order valence-corrected chi connectivity index (χ2v) is 11.6. The maximum absolute atomic E-state index is 10.8. The largest absolute Gasteiger partial charge is 0.464 e. The summed E-state index contributed by atoms with van der Waals surface area (Å²) < 4.78 is 24.5. The fraction of sp³-hybridized carbons (Fsp3) is 0.400. The van der Waals surface area contributed by atoms with Gasteiger partial charge in [0, 0.05) is 12.0 Å². The number of aromatic nitrogens is 3. The Hall–Kier alpha value is -3.81. The molecule has 42 heavy (non-hydrogen) atoms. The molecule has 1 aliphatic heterocycles. The van der Waals surface area contributed by atoms with E-state index in [-0.39, 0.29) is 32.6 Å². The van der Waals surface area contributed by atoms with E-state index in [1.54, 1.807) is 6.92 Å². The molecule has 0 amide bonds. The molecule has 1 aliphatic rings. The average Bonchev–Trinajstić information content (AvgIpc) is 3.63. The Balaban J connectivity index is 0.000000317. The third-order valence-corrected chi connectivity index (χ3v) is 6.78. The molecule has 3 heterocycles. The van der Waals surface area contributed by atoms with Crippen molar-refractivity contribution in [3.05, 3.63) is 66.6 Å². The molecule has 2 aromatic heterocycles. The number of esters is 1. The second-order valence-electron chi connectivity index (χ2n) is 11.0. The van der Waals surface area contributed by atoms with Crippen molar-refractivity contribution in [3.8, 4) is 12.3 Å². The maximum Gasteiger partial charge on any atom is 0.322 e. The van der Waals surface area contributed by atoms with Crippen LogP contribution in [0.2, 0.25) is 0 Å². The summed E-state index contributed by atoms with van der Waals surface area (Å²) >= 11 is 0. The van der Waals surface area contributed by atoms with E-state index < -0.39 is 6.04 Å². The van der Waals surface area contributed by atoms with Gasteiger partial charge in [-0.25, -0.2) is 14.8 Å². The standard InChI is InChI=1S/C21H21N4O3P.C8H17NO2.CHN/c22-21-18-10-9-17(25(18)24-13-23-21)20-11-8-15(27-20)12-26-29-28-19-7-3-5-14-4-1-2-6-16(14)19;1-6(9)7(10)11-5-8(2,3)4;1-2/h1-7,9-10,13,15,20,29H,8,11-12H2,(H2,22,23,24);6H,5,9H2,1-4H3;1H. The van der Waals surface area contributed by atoms with E-state index >= 15 is 0 Å². The van der Waals surface area contributed by atoms with Crippen molar-refractivity contribution in [1.82, 2.24) is 14.6 Å². The molecule has 0 aliphatic carbocycles. The highest BCUT2D eigenvalue weighted by atomic mass is 31.1. The number of nitrogen functional groups attached to an aromatic ring is 1. The molecule has 11 nitrogen and oxygen atoms in total. The van der Waals surface area contributed by atoms with E-state index in [1.807, 2.05) is 61.7 Å². The number of rotatable bonds is 8. The van der Waals surface area contributed by atoms with Crippen molar-refractivity contribution >= 4 is 37.1 Å². The van der Waals surface area contributed by atoms with E-state index in [1.165, 1.54) is 6.33 Å². The van der Waals surface area contributed by atoms with Crippen LogP contribution in [-0.4, -0.2) is 45.9 Å². The molecule has 0 saturated carbocycles. The lowest BCUT2D eigenvalue weighted by atomic mass is 9.99. The summed E-state index contributed by atoms with van der Waals surface area (Å²) in [7, 11) is -0.0752. The zero-order valence-electron chi connectivity index (χ0n) is 24.4. The van der Waals surface area contributed by atoms with Crippen molar-refractivity contribution in [1.29, 1.82) is 5.26 Å². The van der Waals surface area contributed by atoms with Gasteiger partial charge in [-0.2, -0.15) is 5.10 Å². The number of hydrogen-bond acceptors (Lipinski definition) is 10. The molecule has 4 N–H and O–H groups in total. The Morgan fingerprint density at radius 1 is 1.17 bits per heavy atom. The van der Waals surface area contributed by atoms with Gasteiger partial charge >= 0.3 is 5.97 Å². The van der Waals surface area contributed by atoms with Crippen LogP contribution in [-0.2, 0) is 18.8 Å². The van der Waals surface area contributed by atoms with Gasteiger partial charge in [-0.1, -0.05) is 57.2 Å². The summed E-state index contributed by atoms with van der Waals surface area (Å²) in [4.78, 5) is 14.9. The first-order valence-electron chi connectivity index (χ1n) is 13.6. The van der Waals surface area contributed by atoms with Crippen molar-refractivity contribution < 1.29 is 23.3 Å². The number of hydrogen-bond donors (Lipinski definition) is 2. The first kappa shape index (κ1) is 32.7. The first-order chi connectivity index (χ1) is 20.1. The highest BCUT2D eigenvalue weighted by molar-refractivity contribution is 7.26. The van der Waals surface area contributed by atoms with E-state index in [9.17, 15) is 4.79 Å². The molecule has 12 heteroatoms. The normalized spacial score (nSPS) is 17.3. The summed E-state index contributed by atoms with van der Waals surface area (Å²) in [6.45, 7) is 12.0. The van der Waals surface area contributed by atoms with Gasteiger partial charge in [0.1, 0.15) is 29.7 Å². The molecule has 0 radical (unpaired) electrons. The Labute approximate surface area is 248 Å². The van der Waals surface area contributed by atoms with Crippen LogP contribution in [0, 0.1) is 17.2 Å². The Bertz CT molecular complexity index is 1460.